The molecular formula is C16H21NOS. The van der Waals surface area contributed by atoms with E-state index in [1.165, 1.54) is 20.9 Å². The fourth-order valence-corrected chi connectivity index (χ4v) is 3.09. The molecule has 0 unspecified atom stereocenters. The van der Waals surface area contributed by atoms with Crippen molar-refractivity contribution >= 4 is 11.3 Å². The van der Waals surface area contributed by atoms with Crippen LogP contribution >= 0.6 is 11.3 Å². The van der Waals surface area contributed by atoms with Crippen LogP contribution in [0.3, 0.4) is 0 Å². The average Bonchev–Trinajstić information content (AvgIpc) is 2.73. The Bertz CT molecular complexity index is 533. The summed E-state index contributed by atoms with van der Waals surface area (Å²) in [6.45, 7) is 6.30. The third-order valence-electron chi connectivity index (χ3n) is 3.18. The highest BCUT2D eigenvalue weighted by atomic mass is 32.1. The molecule has 3 heteroatoms. The Morgan fingerprint density at radius 3 is 2.74 bits per heavy atom. The van der Waals surface area contributed by atoms with Crippen molar-refractivity contribution in [3.05, 3.63) is 51.2 Å². The smallest absolute Gasteiger partial charge is 0.119 e. The zero-order valence-corrected chi connectivity index (χ0v) is 12.6. The Kier molecular flexibility index (Phi) is 5.00. The van der Waals surface area contributed by atoms with Crippen molar-refractivity contribution in [3.8, 4) is 5.75 Å². The van der Waals surface area contributed by atoms with Crippen molar-refractivity contribution in [2.45, 2.75) is 26.8 Å². The van der Waals surface area contributed by atoms with Crippen molar-refractivity contribution in [1.82, 2.24) is 5.32 Å². The second-order valence-corrected chi connectivity index (χ2v) is 6.18. The number of hydrogen-bond acceptors (Lipinski definition) is 3. The predicted molar refractivity (Wildman–Crippen MR) is 82.2 cm³/mol. The van der Waals surface area contributed by atoms with Gasteiger partial charge in [0.25, 0.3) is 0 Å². The van der Waals surface area contributed by atoms with Crippen LogP contribution in [0.2, 0.25) is 0 Å². The highest BCUT2D eigenvalue weighted by Gasteiger charge is 2.02. The molecule has 1 heterocycles. The molecule has 0 atom stereocenters. The van der Waals surface area contributed by atoms with Crippen molar-refractivity contribution in [2.75, 3.05) is 13.7 Å². The first kappa shape index (κ1) is 14.1. The van der Waals surface area contributed by atoms with Gasteiger partial charge in [0.15, 0.2) is 0 Å². The molecule has 0 spiro atoms. The SMILES string of the molecule is COc1cccc(CCNCc2cc(C)sc2C)c1. The molecule has 0 radical (unpaired) electrons. The summed E-state index contributed by atoms with van der Waals surface area (Å²) in [5.41, 5.74) is 2.73. The summed E-state index contributed by atoms with van der Waals surface area (Å²) < 4.78 is 5.23. The van der Waals surface area contributed by atoms with Gasteiger partial charge in [-0.25, -0.2) is 0 Å². The lowest BCUT2D eigenvalue weighted by Gasteiger charge is -2.06. The first-order chi connectivity index (χ1) is 9.19. The fraction of sp³-hybridized carbons (Fsp3) is 0.375. The summed E-state index contributed by atoms with van der Waals surface area (Å²) in [4.78, 5) is 2.81. The van der Waals surface area contributed by atoms with Crippen LogP contribution in [-0.4, -0.2) is 13.7 Å². The minimum absolute atomic E-state index is 0.932. The predicted octanol–water partition coefficient (Wildman–Crippen LogP) is 3.71. The number of thiophene rings is 1. The molecular weight excluding hydrogens is 254 g/mol. The van der Waals surface area contributed by atoms with Gasteiger partial charge >= 0.3 is 0 Å². The Morgan fingerprint density at radius 2 is 2.05 bits per heavy atom. The third kappa shape index (κ3) is 4.08. The molecule has 0 bridgehead atoms. The molecule has 1 aromatic heterocycles. The fourth-order valence-electron chi connectivity index (χ4n) is 2.14. The van der Waals surface area contributed by atoms with Gasteiger partial charge in [0.2, 0.25) is 0 Å². The number of ether oxygens (including phenoxy) is 1. The molecule has 0 saturated carbocycles. The summed E-state index contributed by atoms with van der Waals surface area (Å²) in [6.07, 6.45) is 1.03. The second kappa shape index (κ2) is 6.73. The Morgan fingerprint density at radius 1 is 1.21 bits per heavy atom. The molecule has 102 valence electrons. The molecule has 0 aliphatic heterocycles. The summed E-state index contributed by atoms with van der Waals surface area (Å²) in [7, 11) is 1.71. The van der Waals surface area contributed by atoms with Gasteiger partial charge < -0.3 is 10.1 Å². The minimum Gasteiger partial charge on any atom is -0.497 e. The summed E-state index contributed by atoms with van der Waals surface area (Å²) in [6, 6.07) is 10.5. The standard InChI is InChI=1S/C16H21NOS/c1-12-9-15(13(2)19-12)11-17-8-7-14-5-4-6-16(10-14)18-3/h4-6,9-10,17H,7-8,11H2,1-3H3. The van der Waals surface area contributed by atoms with Gasteiger partial charge in [0, 0.05) is 16.3 Å². The molecule has 2 aromatic rings. The van der Waals surface area contributed by atoms with E-state index in [1.807, 2.05) is 23.5 Å². The molecule has 0 aliphatic carbocycles. The number of rotatable bonds is 6. The molecule has 19 heavy (non-hydrogen) atoms. The molecule has 1 aromatic carbocycles. The van der Waals surface area contributed by atoms with Gasteiger partial charge in [0.05, 0.1) is 7.11 Å². The van der Waals surface area contributed by atoms with Crippen LogP contribution in [0.5, 0.6) is 5.75 Å². The third-order valence-corrected chi connectivity index (χ3v) is 4.19. The van der Waals surface area contributed by atoms with E-state index < -0.39 is 0 Å². The van der Waals surface area contributed by atoms with Crippen LogP contribution in [-0.2, 0) is 13.0 Å². The first-order valence-electron chi connectivity index (χ1n) is 6.58. The van der Waals surface area contributed by atoms with Crippen molar-refractivity contribution in [2.24, 2.45) is 0 Å². The van der Waals surface area contributed by atoms with Crippen molar-refractivity contribution in [1.29, 1.82) is 0 Å². The van der Waals surface area contributed by atoms with Gasteiger partial charge in [-0.3, -0.25) is 0 Å². The van der Waals surface area contributed by atoms with E-state index in [2.05, 4.69) is 37.4 Å². The molecule has 1 N–H and O–H groups in total. The first-order valence-corrected chi connectivity index (χ1v) is 7.40. The highest BCUT2D eigenvalue weighted by molar-refractivity contribution is 7.12. The zero-order valence-electron chi connectivity index (χ0n) is 11.8. The molecule has 2 nitrogen and oxygen atoms in total. The van der Waals surface area contributed by atoms with Gasteiger partial charge in [-0.1, -0.05) is 12.1 Å². The summed E-state index contributed by atoms with van der Waals surface area (Å²) in [5.74, 6) is 0.932. The van der Waals surface area contributed by atoms with Crippen molar-refractivity contribution in [3.63, 3.8) is 0 Å². The lowest BCUT2D eigenvalue weighted by atomic mass is 10.1. The maximum Gasteiger partial charge on any atom is 0.119 e. The van der Waals surface area contributed by atoms with E-state index in [1.54, 1.807) is 7.11 Å². The van der Waals surface area contributed by atoms with E-state index in [4.69, 9.17) is 4.74 Å². The number of benzene rings is 1. The van der Waals surface area contributed by atoms with Crippen LogP contribution in [0, 0.1) is 13.8 Å². The van der Waals surface area contributed by atoms with Crippen LogP contribution in [0.15, 0.2) is 30.3 Å². The zero-order chi connectivity index (χ0) is 13.7. The van der Waals surface area contributed by atoms with E-state index in [0.717, 1.165) is 25.3 Å². The summed E-state index contributed by atoms with van der Waals surface area (Å²) in [5, 5.41) is 3.51. The van der Waals surface area contributed by atoms with E-state index in [-0.39, 0.29) is 0 Å². The quantitative estimate of drug-likeness (QED) is 0.812. The number of nitrogens with one attached hydrogen (secondary N) is 1. The lowest BCUT2D eigenvalue weighted by molar-refractivity contribution is 0.414. The topological polar surface area (TPSA) is 21.3 Å². The van der Waals surface area contributed by atoms with Gasteiger partial charge in [0.1, 0.15) is 5.75 Å². The monoisotopic (exact) mass is 275 g/mol. The van der Waals surface area contributed by atoms with Crippen LogP contribution < -0.4 is 10.1 Å². The minimum atomic E-state index is 0.932. The summed E-state index contributed by atoms with van der Waals surface area (Å²) >= 11 is 1.87. The molecule has 0 fully saturated rings. The maximum atomic E-state index is 5.23. The number of hydrogen-bond donors (Lipinski definition) is 1. The van der Waals surface area contributed by atoms with E-state index >= 15 is 0 Å². The van der Waals surface area contributed by atoms with Gasteiger partial charge in [-0.15, -0.1) is 11.3 Å². The van der Waals surface area contributed by atoms with Gasteiger partial charge in [-0.2, -0.15) is 0 Å². The second-order valence-electron chi connectivity index (χ2n) is 4.72. The Labute approximate surface area is 119 Å². The molecule has 2 rings (SSSR count). The Hall–Kier alpha value is -1.32. The van der Waals surface area contributed by atoms with Crippen LogP contribution in [0.1, 0.15) is 20.9 Å². The van der Waals surface area contributed by atoms with Crippen molar-refractivity contribution < 1.29 is 4.74 Å². The molecule has 0 saturated heterocycles. The van der Waals surface area contributed by atoms with Gasteiger partial charge in [-0.05, 0) is 56.1 Å². The molecule has 0 amide bonds. The molecule has 0 aliphatic rings. The van der Waals surface area contributed by atoms with Crippen LogP contribution in [0.25, 0.3) is 0 Å². The average molecular weight is 275 g/mol. The maximum absolute atomic E-state index is 5.23. The Balaban J connectivity index is 1.79. The highest BCUT2D eigenvalue weighted by Crippen LogP contribution is 2.20. The van der Waals surface area contributed by atoms with E-state index in [0.29, 0.717) is 0 Å². The normalized spacial score (nSPS) is 10.7. The van der Waals surface area contributed by atoms with E-state index in [9.17, 15) is 0 Å². The van der Waals surface area contributed by atoms with Crippen LogP contribution in [0.4, 0.5) is 0 Å². The largest absolute Gasteiger partial charge is 0.497 e. The number of methoxy groups -OCH3 is 1. The number of aryl methyl sites for hydroxylation is 2. The lowest BCUT2D eigenvalue weighted by Crippen LogP contribution is -2.16.